The molecule has 0 aliphatic rings. The van der Waals surface area contributed by atoms with Gasteiger partial charge in [-0.1, -0.05) is 85.8 Å². The highest BCUT2D eigenvalue weighted by molar-refractivity contribution is 7.92. The maximum atomic E-state index is 12.6. The molecule has 1 atom stereocenters. The fourth-order valence-corrected chi connectivity index (χ4v) is 4.63. The van der Waals surface area contributed by atoms with E-state index < -0.39 is 10.0 Å². The topological polar surface area (TPSA) is 66.5 Å². The molecule has 0 aliphatic carbocycles. The normalized spacial score (nSPS) is 12.2. The minimum absolute atomic E-state index is 0.0717. The van der Waals surface area contributed by atoms with Crippen LogP contribution in [0.3, 0.4) is 0 Å². The summed E-state index contributed by atoms with van der Waals surface area (Å²) < 4.78 is 26.6. The summed E-state index contributed by atoms with van der Waals surface area (Å²) in [5, 5.41) is 2.96. The zero-order chi connectivity index (χ0) is 23.0. The van der Waals surface area contributed by atoms with E-state index in [0.29, 0.717) is 18.7 Å². The fourth-order valence-electron chi connectivity index (χ4n) is 3.66. The van der Waals surface area contributed by atoms with E-state index in [0.717, 1.165) is 11.1 Å². The van der Waals surface area contributed by atoms with Crippen LogP contribution in [0, 0.1) is 0 Å². The molecule has 0 heterocycles. The largest absolute Gasteiger partial charge is 0.356 e. The molecule has 32 heavy (non-hydrogen) atoms. The van der Waals surface area contributed by atoms with Gasteiger partial charge in [0.05, 0.1) is 11.9 Å². The Bertz CT molecular complexity index is 1120. The average molecular weight is 451 g/mol. The number of rotatable bonds is 10. The van der Waals surface area contributed by atoms with E-state index in [9.17, 15) is 13.2 Å². The molecular formula is C26H30N2O3S. The monoisotopic (exact) mass is 450 g/mol. The molecule has 0 aromatic heterocycles. The lowest BCUT2D eigenvalue weighted by Gasteiger charge is -2.25. The van der Waals surface area contributed by atoms with Crippen molar-refractivity contribution in [1.82, 2.24) is 5.32 Å². The van der Waals surface area contributed by atoms with Gasteiger partial charge in [0.2, 0.25) is 15.9 Å². The fraction of sp³-hybridized carbons (Fsp3) is 0.269. The number of hydrogen-bond acceptors (Lipinski definition) is 3. The van der Waals surface area contributed by atoms with Gasteiger partial charge in [0.25, 0.3) is 0 Å². The molecule has 0 saturated carbocycles. The minimum Gasteiger partial charge on any atom is -0.356 e. The Balaban J connectivity index is 1.63. The van der Waals surface area contributed by atoms with Gasteiger partial charge in [-0.25, -0.2) is 8.42 Å². The Morgan fingerprint density at radius 3 is 2.16 bits per heavy atom. The SMILES string of the molecule is C[C@@H](CNC(=O)CCCN(c1ccccc1-c1ccccc1)S(C)(=O)=O)c1ccccc1. The van der Waals surface area contributed by atoms with Gasteiger partial charge < -0.3 is 5.32 Å². The number of para-hydroxylation sites is 1. The van der Waals surface area contributed by atoms with Crippen molar-refractivity contribution in [2.45, 2.75) is 25.7 Å². The highest BCUT2D eigenvalue weighted by Gasteiger charge is 2.21. The Labute approximate surface area is 191 Å². The maximum absolute atomic E-state index is 12.6. The van der Waals surface area contributed by atoms with E-state index in [2.05, 4.69) is 12.2 Å². The maximum Gasteiger partial charge on any atom is 0.232 e. The number of nitrogens with zero attached hydrogens (tertiary/aromatic N) is 1. The first-order valence-electron chi connectivity index (χ1n) is 10.8. The molecule has 6 heteroatoms. The first-order valence-corrected chi connectivity index (χ1v) is 12.6. The molecule has 1 N–H and O–H groups in total. The van der Waals surface area contributed by atoms with Crippen LogP contribution in [0.4, 0.5) is 5.69 Å². The van der Waals surface area contributed by atoms with Crippen LogP contribution in [0.25, 0.3) is 11.1 Å². The summed E-state index contributed by atoms with van der Waals surface area (Å²) in [7, 11) is -3.51. The molecule has 0 fully saturated rings. The zero-order valence-electron chi connectivity index (χ0n) is 18.6. The summed E-state index contributed by atoms with van der Waals surface area (Å²) in [4.78, 5) is 12.4. The standard InChI is InChI=1S/C26H30N2O3S/c1-21(22-12-5-3-6-13-22)20-27-26(29)18-11-19-28(32(2,30)31)25-17-10-9-16-24(25)23-14-7-4-8-15-23/h3-10,12-17,21H,11,18-20H2,1-2H3,(H,27,29)/t21-/m0/s1. The van der Waals surface area contributed by atoms with Gasteiger partial charge in [-0.2, -0.15) is 0 Å². The highest BCUT2D eigenvalue weighted by Crippen LogP contribution is 2.32. The van der Waals surface area contributed by atoms with Crippen molar-refractivity contribution >= 4 is 21.6 Å². The second kappa shape index (κ2) is 11.0. The third-order valence-corrected chi connectivity index (χ3v) is 6.58. The van der Waals surface area contributed by atoms with E-state index in [-0.39, 0.29) is 24.8 Å². The lowest BCUT2D eigenvalue weighted by molar-refractivity contribution is -0.121. The minimum atomic E-state index is -3.51. The van der Waals surface area contributed by atoms with E-state index in [1.54, 1.807) is 0 Å². The Morgan fingerprint density at radius 1 is 0.906 bits per heavy atom. The van der Waals surface area contributed by atoms with E-state index in [1.807, 2.05) is 84.9 Å². The third-order valence-electron chi connectivity index (χ3n) is 5.40. The van der Waals surface area contributed by atoms with Gasteiger partial charge in [-0.15, -0.1) is 0 Å². The first kappa shape index (κ1) is 23.5. The molecule has 168 valence electrons. The predicted molar refractivity (Wildman–Crippen MR) is 131 cm³/mol. The molecule has 0 spiro atoms. The van der Waals surface area contributed by atoms with E-state index >= 15 is 0 Å². The van der Waals surface area contributed by atoms with Crippen LogP contribution in [0.15, 0.2) is 84.9 Å². The summed E-state index contributed by atoms with van der Waals surface area (Å²) in [6, 6.07) is 27.2. The summed E-state index contributed by atoms with van der Waals surface area (Å²) >= 11 is 0. The molecule has 3 rings (SSSR count). The van der Waals surface area contributed by atoms with Crippen molar-refractivity contribution in [1.29, 1.82) is 0 Å². The molecule has 0 radical (unpaired) electrons. The van der Waals surface area contributed by atoms with Gasteiger partial charge in [-0.05, 0) is 29.5 Å². The van der Waals surface area contributed by atoms with Gasteiger partial charge in [0, 0.05) is 25.1 Å². The number of carbonyl (C=O) groups is 1. The van der Waals surface area contributed by atoms with Crippen LogP contribution in [0.5, 0.6) is 0 Å². The Kier molecular flexibility index (Phi) is 8.06. The molecular weight excluding hydrogens is 420 g/mol. The summed E-state index contributed by atoms with van der Waals surface area (Å²) in [6.45, 7) is 2.86. The molecule has 1 amide bonds. The molecule has 0 bridgehead atoms. The van der Waals surface area contributed by atoms with E-state index in [4.69, 9.17) is 0 Å². The van der Waals surface area contributed by atoms with Crippen molar-refractivity contribution in [3.8, 4) is 11.1 Å². The molecule has 0 aliphatic heterocycles. The van der Waals surface area contributed by atoms with Gasteiger partial charge >= 0.3 is 0 Å². The summed E-state index contributed by atoms with van der Waals surface area (Å²) in [5.41, 5.74) is 3.59. The molecule has 3 aromatic carbocycles. The number of nitrogens with one attached hydrogen (secondary N) is 1. The van der Waals surface area contributed by atoms with Gasteiger partial charge in [-0.3, -0.25) is 9.10 Å². The Hall–Kier alpha value is -3.12. The van der Waals surface area contributed by atoms with Crippen LogP contribution in [0.2, 0.25) is 0 Å². The second-order valence-electron chi connectivity index (χ2n) is 7.94. The molecule has 5 nitrogen and oxygen atoms in total. The highest BCUT2D eigenvalue weighted by atomic mass is 32.2. The summed E-state index contributed by atoms with van der Waals surface area (Å²) in [6.07, 6.45) is 1.90. The van der Waals surface area contributed by atoms with Crippen molar-refractivity contribution in [2.24, 2.45) is 0 Å². The van der Waals surface area contributed by atoms with Crippen molar-refractivity contribution in [3.05, 3.63) is 90.5 Å². The van der Waals surface area contributed by atoms with Crippen molar-refractivity contribution in [3.63, 3.8) is 0 Å². The first-order chi connectivity index (χ1) is 15.4. The van der Waals surface area contributed by atoms with E-state index in [1.165, 1.54) is 16.1 Å². The van der Waals surface area contributed by atoms with Gasteiger partial charge in [0.1, 0.15) is 0 Å². The van der Waals surface area contributed by atoms with Crippen molar-refractivity contribution in [2.75, 3.05) is 23.7 Å². The predicted octanol–water partition coefficient (Wildman–Crippen LogP) is 4.82. The van der Waals surface area contributed by atoms with Crippen LogP contribution < -0.4 is 9.62 Å². The summed E-state index contributed by atoms with van der Waals surface area (Å²) in [5.74, 6) is 0.142. The lowest BCUT2D eigenvalue weighted by atomic mass is 10.0. The zero-order valence-corrected chi connectivity index (χ0v) is 19.4. The quantitative estimate of drug-likeness (QED) is 0.482. The molecule has 0 saturated heterocycles. The molecule has 0 unspecified atom stereocenters. The number of benzene rings is 3. The van der Waals surface area contributed by atoms with Crippen LogP contribution in [0.1, 0.15) is 31.2 Å². The smallest absolute Gasteiger partial charge is 0.232 e. The number of carbonyl (C=O) groups excluding carboxylic acids is 1. The number of anilines is 1. The molecule has 3 aromatic rings. The second-order valence-corrected chi connectivity index (χ2v) is 9.84. The Morgan fingerprint density at radius 2 is 1.50 bits per heavy atom. The number of hydrogen-bond donors (Lipinski definition) is 1. The average Bonchev–Trinajstić information content (AvgIpc) is 2.80. The lowest BCUT2D eigenvalue weighted by Crippen LogP contribution is -2.33. The third kappa shape index (κ3) is 6.44. The van der Waals surface area contributed by atoms with Crippen LogP contribution in [-0.4, -0.2) is 33.7 Å². The van der Waals surface area contributed by atoms with Gasteiger partial charge in [0.15, 0.2) is 0 Å². The number of sulfonamides is 1. The van der Waals surface area contributed by atoms with Crippen LogP contribution >= 0.6 is 0 Å². The number of amides is 1. The van der Waals surface area contributed by atoms with Crippen molar-refractivity contribution < 1.29 is 13.2 Å². The van der Waals surface area contributed by atoms with Crippen LogP contribution in [-0.2, 0) is 14.8 Å².